The Balaban J connectivity index is 2.79. The van der Waals surface area contributed by atoms with Gasteiger partial charge in [-0.2, -0.15) is 0 Å². The number of halogens is 1. The molecule has 0 unspecified atom stereocenters. The summed E-state index contributed by atoms with van der Waals surface area (Å²) in [7, 11) is 0. The molecule has 88 valence electrons. The van der Waals surface area contributed by atoms with Crippen molar-refractivity contribution in [3.05, 3.63) is 15.0 Å². The lowest BCUT2D eigenvalue weighted by Crippen LogP contribution is -2.33. The smallest absolute Gasteiger partial charge is 0.405 e. The zero-order chi connectivity index (χ0) is 12.3. The standard InChI is InChI=1S/C9H11ClN2O3S/c1-9(2,15-8(11)14)3-6-12-7(10)5(4-13)16-6/h4H,3H2,1-2H3,(H2,11,14). The number of nitrogens with two attached hydrogens (primary N) is 1. The molecule has 0 aliphatic heterocycles. The maximum atomic E-state index is 10.6. The lowest BCUT2D eigenvalue weighted by atomic mass is 10.1. The zero-order valence-corrected chi connectivity index (χ0v) is 10.4. The van der Waals surface area contributed by atoms with Crippen LogP contribution in [0.25, 0.3) is 0 Å². The van der Waals surface area contributed by atoms with Crippen molar-refractivity contribution in [2.24, 2.45) is 5.73 Å². The monoisotopic (exact) mass is 262 g/mol. The van der Waals surface area contributed by atoms with Crippen molar-refractivity contribution in [1.29, 1.82) is 0 Å². The van der Waals surface area contributed by atoms with Gasteiger partial charge in [0.2, 0.25) is 0 Å². The Morgan fingerprint density at radius 3 is 2.75 bits per heavy atom. The van der Waals surface area contributed by atoms with Crippen LogP contribution in [0.4, 0.5) is 4.79 Å². The average Bonchev–Trinajstić information content (AvgIpc) is 2.42. The summed E-state index contributed by atoms with van der Waals surface area (Å²) >= 11 is 6.89. The highest BCUT2D eigenvalue weighted by Crippen LogP contribution is 2.25. The van der Waals surface area contributed by atoms with E-state index < -0.39 is 11.7 Å². The van der Waals surface area contributed by atoms with Gasteiger partial charge in [0.15, 0.2) is 11.4 Å². The summed E-state index contributed by atoms with van der Waals surface area (Å²) in [6, 6.07) is 0. The summed E-state index contributed by atoms with van der Waals surface area (Å²) in [5, 5.41) is 0.795. The third-order valence-corrected chi connectivity index (χ3v) is 3.10. The number of aldehydes is 1. The van der Waals surface area contributed by atoms with Gasteiger partial charge in [-0.3, -0.25) is 4.79 Å². The molecule has 0 saturated heterocycles. The second-order valence-corrected chi connectivity index (χ2v) is 5.21. The SMILES string of the molecule is CC(C)(Cc1nc(Cl)c(C=O)s1)OC(N)=O. The Kier molecular flexibility index (Phi) is 3.88. The summed E-state index contributed by atoms with van der Waals surface area (Å²) in [5.74, 6) is 0. The summed E-state index contributed by atoms with van der Waals surface area (Å²) in [6.45, 7) is 3.40. The summed E-state index contributed by atoms with van der Waals surface area (Å²) in [6.07, 6.45) is 0.155. The first-order chi connectivity index (χ1) is 7.34. The van der Waals surface area contributed by atoms with Crippen molar-refractivity contribution in [2.75, 3.05) is 0 Å². The van der Waals surface area contributed by atoms with E-state index in [-0.39, 0.29) is 5.15 Å². The Hall–Kier alpha value is -1.14. The first-order valence-electron chi connectivity index (χ1n) is 4.43. The van der Waals surface area contributed by atoms with Gasteiger partial charge in [0, 0.05) is 6.42 Å². The van der Waals surface area contributed by atoms with Gasteiger partial charge < -0.3 is 10.5 Å². The molecule has 2 N–H and O–H groups in total. The van der Waals surface area contributed by atoms with Crippen molar-refractivity contribution >= 4 is 35.3 Å². The first-order valence-corrected chi connectivity index (χ1v) is 5.62. The van der Waals surface area contributed by atoms with E-state index in [2.05, 4.69) is 4.98 Å². The molecule has 0 bridgehead atoms. The third-order valence-electron chi connectivity index (χ3n) is 1.71. The normalized spacial score (nSPS) is 11.2. The highest BCUT2D eigenvalue weighted by Gasteiger charge is 2.24. The predicted molar refractivity (Wildman–Crippen MR) is 61.0 cm³/mol. The number of carbonyl (C=O) groups is 2. The molecular formula is C9H11ClN2O3S. The molecule has 1 aromatic heterocycles. The second kappa shape index (κ2) is 4.80. The van der Waals surface area contributed by atoms with Crippen LogP contribution in [-0.4, -0.2) is 23.0 Å². The van der Waals surface area contributed by atoms with Crippen molar-refractivity contribution in [3.8, 4) is 0 Å². The van der Waals surface area contributed by atoms with E-state index in [4.69, 9.17) is 22.1 Å². The number of rotatable bonds is 4. The molecule has 0 saturated carbocycles. The lowest BCUT2D eigenvalue weighted by Gasteiger charge is -2.22. The largest absolute Gasteiger partial charge is 0.443 e. The van der Waals surface area contributed by atoms with E-state index in [1.54, 1.807) is 13.8 Å². The van der Waals surface area contributed by atoms with Crippen LogP contribution < -0.4 is 5.73 Å². The van der Waals surface area contributed by atoms with Gasteiger partial charge in [-0.25, -0.2) is 9.78 Å². The van der Waals surface area contributed by atoms with Gasteiger partial charge in [0.1, 0.15) is 10.5 Å². The topological polar surface area (TPSA) is 82.3 Å². The molecule has 7 heteroatoms. The van der Waals surface area contributed by atoms with Crippen LogP contribution in [0.1, 0.15) is 28.5 Å². The van der Waals surface area contributed by atoms with Crippen LogP contribution in [0.15, 0.2) is 0 Å². The van der Waals surface area contributed by atoms with Gasteiger partial charge in [0.25, 0.3) is 0 Å². The van der Waals surface area contributed by atoms with Crippen molar-refractivity contribution in [3.63, 3.8) is 0 Å². The molecular weight excluding hydrogens is 252 g/mol. The van der Waals surface area contributed by atoms with E-state index in [9.17, 15) is 9.59 Å². The predicted octanol–water partition coefficient (Wildman–Crippen LogP) is 2.03. The molecule has 1 aromatic rings. The van der Waals surface area contributed by atoms with Gasteiger partial charge in [-0.15, -0.1) is 11.3 Å². The summed E-state index contributed by atoms with van der Waals surface area (Å²) in [5.41, 5.74) is 4.16. The summed E-state index contributed by atoms with van der Waals surface area (Å²) in [4.78, 5) is 25.6. The Bertz CT molecular complexity index is 417. The van der Waals surface area contributed by atoms with Crippen LogP contribution in [-0.2, 0) is 11.2 Å². The Labute approximate surface area is 102 Å². The number of aromatic nitrogens is 1. The molecule has 1 rings (SSSR count). The van der Waals surface area contributed by atoms with E-state index in [0.717, 1.165) is 0 Å². The highest BCUT2D eigenvalue weighted by atomic mass is 35.5. The number of carbonyl (C=O) groups excluding carboxylic acids is 2. The van der Waals surface area contributed by atoms with Gasteiger partial charge in [0.05, 0.1) is 5.01 Å². The molecule has 1 amide bonds. The van der Waals surface area contributed by atoms with Crippen molar-refractivity contribution in [1.82, 2.24) is 4.98 Å². The van der Waals surface area contributed by atoms with Crippen LogP contribution in [0, 0.1) is 0 Å². The van der Waals surface area contributed by atoms with Crippen LogP contribution >= 0.6 is 22.9 Å². The van der Waals surface area contributed by atoms with E-state index in [0.29, 0.717) is 22.6 Å². The quantitative estimate of drug-likeness (QED) is 0.842. The van der Waals surface area contributed by atoms with Crippen molar-refractivity contribution < 1.29 is 14.3 Å². The first kappa shape index (κ1) is 12.9. The fourth-order valence-corrected chi connectivity index (χ4v) is 2.48. The minimum atomic E-state index is -0.844. The van der Waals surface area contributed by atoms with Crippen LogP contribution in [0.5, 0.6) is 0 Å². The van der Waals surface area contributed by atoms with Gasteiger partial charge >= 0.3 is 6.09 Å². The molecule has 1 heterocycles. The fraction of sp³-hybridized carbons (Fsp3) is 0.444. The molecule has 0 atom stereocenters. The summed E-state index contributed by atoms with van der Waals surface area (Å²) < 4.78 is 4.90. The maximum absolute atomic E-state index is 10.6. The number of hydrogen-bond donors (Lipinski definition) is 1. The van der Waals surface area contributed by atoms with Crippen LogP contribution in [0.3, 0.4) is 0 Å². The number of ether oxygens (including phenoxy) is 1. The average molecular weight is 263 g/mol. The number of primary amides is 1. The number of thiazole rings is 1. The molecule has 5 nitrogen and oxygen atoms in total. The van der Waals surface area contributed by atoms with E-state index >= 15 is 0 Å². The fourth-order valence-electron chi connectivity index (χ4n) is 1.18. The maximum Gasteiger partial charge on any atom is 0.405 e. The molecule has 16 heavy (non-hydrogen) atoms. The highest BCUT2D eigenvalue weighted by molar-refractivity contribution is 7.13. The minimum absolute atomic E-state index is 0.171. The number of nitrogens with zero attached hydrogens (tertiary/aromatic N) is 1. The molecule has 0 radical (unpaired) electrons. The van der Waals surface area contributed by atoms with Crippen molar-refractivity contribution in [2.45, 2.75) is 25.9 Å². The Morgan fingerprint density at radius 2 is 2.31 bits per heavy atom. The number of hydrogen-bond acceptors (Lipinski definition) is 5. The lowest BCUT2D eigenvalue weighted by molar-refractivity contribution is 0.0460. The Morgan fingerprint density at radius 1 is 1.69 bits per heavy atom. The van der Waals surface area contributed by atoms with Crippen LogP contribution in [0.2, 0.25) is 5.15 Å². The second-order valence-electron chi connectivity index (χ2n) is 3.74. The minimum Gasteiger partial charge on any atom is -0.443 e. The molecule has 0 aromatic carbocycles. The van der Waals surface area contributed by atoms with Gasteiger partial charge in [-0.1, -0.05) is 11.6 Å². The van der Waals surface area contributed by atoms with E-state index in [1.165, 1.54) is 11.3 Å². The molecule has 0 aliphatic carbocycles. The molecule has 0 spiro atoms. The number of amides is 1. The third kappa shape index (κ3) is 3.46. The van der Waals surface area contributed by atoms with Gasteiger partial charge in [-0.05, 0) is 13.8 Å². The molecule has 0 aliphatic rings. The zero-order valence-electron chi connectivity index (χ0n) is 8.82. The van der Waals surface area contributed by atoms with E-state index in [1.807, 2.05) is 0 Å². The molecule has 0 fully saturated rings.